The average molecular weight is 237 g/mol. The van der Waals surface area contributed by atoms with Crippen LogP contribution in [0.4, 0.5) is 0 Å². The molecule has 2 aliphatic rings. The summed E-state index contributed by atoms with van der Waals surface area (Å²) in [5, 5.41) is 8.65. The Morgan fingerprint density at radius 1 is 1.12 bits per heavy atom. The summed E-state index contributed by atoms with van der Waals surface area (Å²) in [6.45, 7) is 9.61. The molecule has 2 rings (SSSR count). The molecule has 0 atom stereocenters. The molecule has 0 unspecified atom stereocenters. The number of hydrazine groups is 1. The Morgan fingerprint density at radius 2 is 1.94 bits per heavy atom. The van der Waals surface area contributed by atoms with Crippen LogP contribution >= 0.6 is 0 Å². The van der Waals surface area contributed by atoms with Crippen molar-refractivity contribution in [1.29, 1.82) is 0 Å². The second kappa shape index (κ2) is 7.14. The predicted octanol–water partition coefficient (Wildman–Crippen LogP) is 2.02. The molecule has 0 aromatic carbocycles. The third kappa shape index (κ3) is 3.80. The van der Waals surface area contributed by atoms with E-state index >= 15 is 0 Å². The molecule has 3 nitrogen and oxygen atoms in total. The maximum Gasteiger partial charge on any atom is 0.0314 e. The zero-order chi connectivity index (χ0) is 11.9. The number of nitrogens with zero attached hydrogens (tertiary/aromatic N) is 2. The smallest absolute Gasteiger partial charge is 0.0314 e. The van der Waals surface area contributed by atoms with E-state index in [4.69, 9.17) is 0 Å². The minimum Gasteiger partial charge on any atom is -0.315 e. The van der Waals surface area contributed by atoms with E-state index in [2.05, 4.69) is 28.0 Å². The van der Waals surface area contributed by atoms with E-state index in [1.54, 1.807) is 0 Å². The fourth-order valence-electron chi connectivity index (χ4n) is 3.10. The maximum absolute atomic E-state index is 3.93. The highest BCUT2D eigenvalue weighted by Gasteiger charge is 2.25. The van der Waals surface area contributed by atoms with Crippen molar-refractivity contribution in [2.24, 2.45) is 0 Å². The SMILES string of the molecule is C=CCN(C1CCCCC1)N1CCCNCC1. The van der Waals surface area contributed by atoms with Gasteiger partial charge in [-0.05, 0) is 25.8 Å². The molecule has 1 aliphatic heterocycles. The topological polar surface area (TPSA) is 18.5 Å². The van der Waals surface area contributed by atoms with Crippen molar-refractivity contribution in [2.45, 2.75) is 44.6 Å². The molecule has 1 saturated carbocycles. The maximum atomic E-state index is 3.93. The molecular formula is C14H27N3. The first kappa shape index (κ1) is 13.1. The van der Waals surface area contributed by atoms with Crippen LogP contribution in [0.5, 0.6) is 0 Å². The molecule has 1 saturated heterocycles. The lowest BCUT2D eigenvalue weighted by atomic mass is 9.95. The highest BCUT2D eigenvalue weighted by atomic mass is 15.6. The number of hydrogen-bond donors (Lipinski definition) is 1. The lowest BCUT2D eigenvalue weighted by Gasteiger charge is -2.41. The van der Waals surface area contributed by atoms with Gasteiger partial charge >= 0.3 is 0 Å². The first-order chi connectivity index (χ1) is 8.42. The molecule has 0 radical (unpaired) electrons. The minimum absolute atomic E-state index is 0.764. The molecule has 1 N–H and O–H groups in total. The first-order valence-electron chi connectivity index (χ1n) is 7.25. The van der Waals surface area contributed by atoms with E-state index in [0.29, 0.717) is 0 Å². The van der Waals surface area contributed by atoms with Crippen LogP contribution in [0.25, 0.3) is 0 Å². The van der Waals surface area contributed by atoms with E-state index in [1.165, 1.54) is 51.6 Å². The van der Waals surface area contributed by atoms with Crippen LogP contribution in [0, 0.1) is 0 Å². The summed E-state index contributed by atoms with van der Waals surface area (Å²) in [5.74, 6) is 0. The molecule has 0 aromatic heterocycles. The highest BCUT2D eigenvalue weighted by molar-refractivity contribution is 4.81. The van der Waals surface area contributed by atoms with Crippen molar-refractivity contribution in [3.63, 3.8) is 0 Å². The molecule has 0 aromatic rings. The van der Waals surface area contributed by atoms with Crippen molar-refractivity contribution in [2.75, 3.05) is 32.7 Å². The third-order valence-electron chi connectivity index (χ3n) is 3.99. The van der Waals surface area contributed by atoms with Gasteiger partial charge in [-0.1, -0.05) is 25.3 Å². The van der Waals surface area contributed by atoms with Gasteiger partial charge in [0.15, 0.2) is 0 Å². The van der Waals surface area contributed by atoms with Gasteiger partial charge in [-0.25, -0.2) is 10.0 Å². The van der Waals surface area contributed by atoms with Gasteiger partial charge in [-0.2, -0.15) is 0 Å². The predicted molar refractivity (Wildman–Crippen MR) is 72.8 cm³/mol. The Balaban J connectivity index is 1.95. The average Bonchev–Trinajstić information content (AvgIpc) is 2.66. The van der Waals surface area contributed by atoms with E-state index in [0.717, 1.165) is 25.7 Å². The first-order valence-corrected chi connectivity index (χ1v) is 7.25. The van der Waals surface area contributed by atoms with Crippen molar-refractivity contribution in [1.82, 2.24) is 15.3 Å². The Bertz CT molecular complexity index is 216. The lowest BCUT2D eigenvalue weighted by molar-refractivity contribution is -0.0572. The highest BCUT2D eigenvalue weighted by Crippen LogP contribution is 2.24. The number of nitrogens with one attached hydrogen (secondary N) is 1. The Labute approximate surface area is 106 Å². The summed E-state index contributed by atoms with van der Waals surface area (Å²) in [5.41, 5.74) is 0. The largest absolute Gasteiger partial charge is 0.315 e. The second-order valence-corrected chi connectivity index (χ2v) is 5.26. The van der Waals surface area contributed by atoms with Gasteiger partial charge in [0.1, 0.15) is 0 Å². The summed E-state index contributed by atoms with van der Waals surface area (Å²) < 4.78 is 0. The van der Waals surface area contributed by atoms with Crippen LogP contribution in [0.2, 0.25) is 0 Å². The van der Waals surface area contributed by atoms with Crippen molar-refractivity contribution < 1.29 is 0 Å². The van der Waals surface area contributed by atoms with E-state index in [-0.39, 0.29) is 0 Å². The van der Waals surface area contributed by atoms with Crippen molar-refractivity contribution in [3.05, 3.63) is 12.7 Å². The summed E-state index contributed by atoms with van der Waals surface area (Å²) in [7, 11) is 0. The molecule has 1 aliphatic carbocycles. The fourth-order valence-corrected chi connectivity index (χ4v) is 3.10. The molecule has 98 valence electrons. The fraction of sp³-hybridized carbons (Fsp3) is 0.857. The summed E-state index contributed by atoms with van der Waals surface area (Å²) in [6.07, 6.45) is 10.3. The van der Waals surface area contributed by atoms with E-state index in [9.17, 15) is 0 Å². The van der Waals surface area contributed by atoms with Gasteiger partial charge < -0.3 is 5.32 Å². The summed E-state index contributed by atoms with van der Waals surface area (Å²) in [4.78, 5) is 0. The quantitative estimate of drug-likeness (QED) is 0.755. The molecule has 1 heterocycles. The zero-order valence-electron chi connectivity index (χ0n) is 11.0. The van der Waals surface area contributed by atoms with Crippen LogP contribution in [0.15, 0.2) is 12.7 Å². The molecule has 17 heavy (non-hydrogen) atoms. The van der Waals surface area contributed by atoms with E-state index < -0.39 is 0 Å². The molecule has 0 amide bonds. The van der Waals surface area contributed by atoms with Crippen LogP contribution in [-0.2, 0) is 0 Å². The Hall–Kier alpha value is -0.380. The molecule has 0 bridgehead atoms. The summed E-state index contributed by atoms with van der Waals surface area (Å²) >= 11 is 0. The lowest BCUT2D eigenvalue weighted by Crippen LogP contribution is -2.50. The van der Waals surface area contributed by atoms with Gasteiger partial charge in [0.2, 0.25) is 0 Å². The van der Waals surface area contributed by atoms with Crippen molar-refractivity contribution in [3.8, 4) is 0 Å². The number of rotatable bonds is 4. The van der Waals surface area contributed by atoms with Gasteiger partial charge in [-0.3, -0.25) is 0 Å². The number of hydrogen-bond acceptors (Lipinski definition) is 3. The Morgan fingerprint density at radius 3 is 2.71 bits per heavy atom. The molecule has 2 fully saturated rings. The normalized spacial score (nSPS) is 24.8. The Kier molecular flexibility index (Phi) is 5.49. The van der Waals surface area contributed by atoms with Crippen LogP contribution in [0.1, 0.15) is 38.5 Å². The van der Waals surface area contributed by atoms with Crippen LogP contribution in [0.3, 0.4) is 0 Å². The van der Waals surface area contributed by atoms with Gasteiger partial charge in [0.05, 0.1) is 0 Å². The van der Waals surface area contributed by atoms with Crippen molar-refractivity contribution >= 4 is 0 Å². The van der Waals surface area contributed by atoms with Crippen LogP contribution in [-0.4, -0.2) is 48.8 Å². The molecule has 0 spiro atoms. The summed E-state index contributed by atoms with van der Waals surface area (Å²) in [6, 6.07) is 0.764. The third-order valence-corrected chi connectivity index (χ3v) is 3.99. The minimum atomic E-state index is 0.764. The second-order valence-electron chi connectivity index (χ2n) is 5.26. The monoisotopic (exact) mass is 237 g/mol. The van der Waals surface area contributed by atoms with Gasteiger partial charge in [0.25, 0.3) is 0 Å². The van der Waals surface area contributed by atoms with E-state index in [1.807, 2.05) is 0 Å². The molecule has 3 heteroatoms. The molecular weight excluding hydrogens is 210 g/mol. The van der Waals surface area contributed by atoms with Gasteiger partial charge in [0, 0.05) is 32.2 Å². The zero-order valence-corrected chi connectivity index (χ0v) is 11.0. The standard InChI is InChI=1S/C14H27N3/c1-2-11-17(14-7-4-3-5-8-14)16-12-6-9-15-10-13-16/h2,14-15H,1,3-13H2. The van der Waals surface area contributed by atoms with Crippen LogP contribution < -0.4 is 5.32 Å². The van der Waals surface area contributed by atoms with Gasteiger partial charge in [-0.15, -0.1) is 6.58 Å².